The molecule has 0 aliphatic heterocycles. The van der Waals surface area contributed by atoms with Crippen LogP contribution in [0.2, 0.25) is 10.0 Å². The van der Waals surface area contributed by atoms with E-state index in [-0.39, 0.29) is 9.77 Å². The Kier molecular flexibility index (Phi) is 7.15. The van der Waals surface area contributed by atoms with E-state index in [1.165, 1.54) is 24.0 Å². The van der Waals surface area contributed by atoms with Gasteiger partial charge >= 0.3 is 0 Å². The zero-order valence-corrected chi connectivity index (χ0v) is 18.1. The molecule has 0 unspecified atom stereocenters. The summed E-state index contributed by atoms with van der Waals surface area (Å²) in [4.78, 5) is 12.7. The molecule has 1 aromatic heterocycles. The molecule has 5 nitrogen and oxygen atoms in total. The van der Waals surface area contributed by atoms with Crippen molar-refractivity contribution in [1.82, 2.24) is 5.43 Å². The minimum absolute atomic E-state index is 0.174. The zero-order valence-electron chi connectivity index (χ0n) is 14.1. The van der Waals surface area contributed by atoms with Gasteiger partial charge in [-0.05, 0) is 38.3 Å². The summed E-state index contributed by atoms with van der Waals surface area (Å²) in [5.41, 5.74) is 2.85. The first-order valence-corrected chi connectivity index (χ1v) is 11.7. The molecular weight excluding hydrogens is 435 g/mol. The zero-order chi connectivity index (χ0) is 19.5. The molecule has 1 amide bonds. The van der Waals surface area contributed by atoms with Gasteiger partial charge in [0.15, 0.2) is 9.84 Å². The number of sulfone groups is 1. The highest BCUT2D eigenvalue weighted by atomic mass is 35.5. The SMILES string of the molecule is CSc1sc(C(=O)N/N=C/c2c(Cl)cccc2Cl)cc1S(=O)(=O)C(C)C. The van der Waals surface area contributed by atoms with Crippen molar-refractivity contribution in [2.75, 3.05) is 6.26 Å². The van der Waals surface area contributed by atoms with Gasteiger partial charge in [-0.2, -0.15) is 5.10 Å². The summed E-state index contributed by atoms with van der Waals surface area (Å²) in [6.07, 6.45) is 3.11. The van der Waals surface area contributed by atoms with E-state index < -0.39 is 21.0 Å². The number of thiophene rings is 1. The number of hydrazone groups is 1. The van der Waals surface area contributed by atoms with Crippen LogP contribution in [0.4, 0.5) is 0 Å². The number of hydrogen-bond acceptors (Lipinski definition) is 6. The highest BCUT2D eigenvalue weighted by Crippen LogP contribution is 2.35. The van der Waals surface area contributed by atoms with E-state index >= 15 is 0 Å². The number of nitrogens with one attached hydrogen (secondary N) is 1. The van der Waals surface area contributed by atoms with E-state index in [2.05, 4.69) is 10.5 Å². The topological polar surface area (TPSA) is 75.6 Å². The molecule has 0 bridgehead atoms. The number of halogens is 2. The van der Waals surface area contributed by atoms with Gasteiger partial charge < -0.3 is 0 Å². The van der Waals surface area contributed by atoms with E-state index in [1.54, 1.807) is 38.3 Å². The van der Waals surface area contributed by atoms with Crippen molar-refractivity contribution in [3.8, 4) is 0 Å². The number of thioether (sulfide) groups is 1. The largest absolute Gasteiger partial charge is 0.281 e. The highest BCUT2D eigenvalue weighted by molar-refractivity contribution is 8.01. The lowest BCUT2D eigenvalue weighted by Crippen LogP contribution is -2.17. The first-order chi connectivity index (χ1) is 12.2. The molecule has 0 aliphatic rings. The van der Waals surface area contributed by atoms with Crippen molar-refractivity contribution in [3.05, 3.63) is 44.8 Å². The average molecular weight is 451 g/mol. The molecule has 0 radical (unpaired) electrons. The quantitative estimate of drug-likeness (QED) is 0.392. The predicted octanol–water partition coefficient (Wildman–Crippen LogP) is 4.72. The van der Waals surface area contributed by atoms with Gasteiger partial charge in [0, 0.05) is 5.56 Å². The van der Waals surface area contributed by atoms with Crippen LogP contribution in [-0.4, -0.2) is 32.0 Å². The number of amides is 1. The Hall–Kier alpha value is -1.06. The van der Waals surface area contributed by atoms with E-state index in [4.69, 9.17) is 23.2 Å². The summed E-state index contributed by atoms with van der Waals surface area (Å²) in [7, 11) is -3.47. The Morgan fingerprint density at radius 2 is 1.92 bits per heavy atom. The Morgan fingerprint density at radius 3 is 2.46 bits per heavy atom. The van der Waals surface area contributed by atoms with Crippen LogP contribution in [0.5, 0.6) is 0 Å². The van der Waals surface area contributed by atoms with E-state index in [0.717, 1.165) is 11.3 Å². The lowest BCUT2D eigenvalue weighted by Gasteiger charge is -2.06. The molecule has 1 N–H and O–H groups in total. The smallest absolute Gasteiger partial charge is 0.266 e. The Bertz CT molecular complexity index is 933. The van der Waals surface area contributed by atoms with Crippen molar-refractivity contribution in [2.45, 2.75) is 28.2 Å². The highest BCUT2D eigenvalue weighted by Gasteiger charge is 2.26. The van der Waals surface area contributed by atoms with Crippen LogP contribution in [0.25, 0.3) is 0 Å². The average Bonchev–Trinajstić information content (AvgIpc) is 3.02. The Labute approximate surface area is 170 Å². The van der Waals surface area contributed by atoms with Gasteiger partial charge in [-0.25, -0.2) is 13.8 Å². The fraction of sp³-hybridized carbons (Fsp3) is 0.250. The third-order valence-electron chi connectivity index (χ3n) is 3.36. The molecule has 0 spiro atoms. The molecule has 0 atom stereocenters. The number of nitrogens with zero attached hydrogens (tertiary/aromatic N) is 1. The molecule has 2 aromatic rings. The molecule has 0 saturated carbocycles. The van der Waals surface area contributed by atoms with Crippen LogP contribution >= 0.6 is 46.3 Å². The van der Waals surface area contributed by atoms with Crippen LogP contribution in [-0.2, 0) is 9.84 Å². The molecule has 2 rings (SSSR count). The van der Waals surface area contributed by atoms with Gasteiger partial charge in [-0.1, -0.05) is 29.3 Å². The van der Waals surface area contributed by atoms with Crippen molar-refractivity contribution in [1.29, 1.82) is 0 Å². The Morgan fingerprint density at radius 1 is 1.31 bits per heavy atom. The van der Waals surface area contributed by atoms with Gasteiger partial charge in [-0.3, -0.25) is 4.79 Å². The van der Waals surface area contributed by atoms with Gasteiger partial charge in [0.2, 0.25) is 0 Å². The maximum atomic E-state index is 12.4. The fourth-order valence-corrected chi connectivity index (χ4v) is 6.11. The van der Waals surface area contributed by atoms with Crippen molar-refractivity contribution in [3.63, 3.8) is 0 Å². The van der Waals surface area contributed by atoms with Crippen LogP contribution in [0.1, 0.15) is 29.1 Å². The summed E-state index contributed by atoms with van der Waals surface area (Å²) in [5, 5.41) is 4.10. The second-order valence-electron chi connectivity index (χ2n) is 5.39. The first kappa shape index (κ1) is 21.2. The summed E-state index contributed by atoms with van der Waals surface area (Å²) in [6, 6.07) is 6.40. The summed E-state index contributed by atoms with van der Waals surface area (Å²) in [6.45, 7) is 3.21. The Balaban J connectivity index is 2.23. The van der Waals surface area contributed by atoms with E-state index in [1.807, 2.05) is 0 Å². The van der Waals surface area contributed by atoms with Crippen LogP contribution in [0, 0.1) is 0 Å². The molecule has 0 fully saturated rings. The molecule has 10 heteroatoms. The van der Waals surface area contributed by atoms with Crippen LogP contribution in [0.15, 0.2) is 38.5 Å². The predicted molar refractivity (Wildman–Crippen MR) is 110 cm³/mol. The number of benzene rings is 1. The summed E-state index contributed by atoms with van der Waals surface area (Å²) >= 11 is 14.5. The maximum Gasteiger partial charge on any atom is 0.281 e. The van der Waals surface area contributed by atoms with Crippen molar-refractivity contribution >= 4 is 68.3 Å². The molecule has 1 heterocycles. The number of carbonyl (C=O) groups excluding carboxylic acids is 1. The lowest BCUT2D eigenvalue weighted by atomic mass is 10.2. The third-order valence-corrected chi connectivity index (χ3v) is 8.72. The van der Waals surface area contributed by atoms with Crippen molar-refractivity contribution in [2.24, 2.45) is 5.10 Å². The van der Waals surface area contributed by atoms with Gasteiger partial charge in [0.25, 0.3) is 5.91 Å². The third kappa shape index (κ3) is 4.61. The number of hydrogen-bond donors (Lipinski definition) is 1. The van der Waals surface area contributed by atoms with Crippen molar-refractivity contribution < 1.29 is 13.2 Å². The lowest BCUT2D eigenvalue weighted by molar-refractivity contribution is 0.0959. The van der Waals surface area contributed by atoms with Crippen LogP contribution < -0.4 is 5.43 Å². The standard InChI is InChI=1S/C16H16Cl2N2O3S3/c1-9(2)26(22,23)14-7-13(25-16(14)24-3)15(21)20-19-8-10-11(17)5-4-6-12(10)18/h4-9H,1-3H3,(H,20,21)/b19-8+. The monoisotopic (exact) mass is 450 g/mol. The first-order valence-electron chi connectivity index (χ1n) is 7.37. The maximum absolute atomic E-state index is 12.4. The molecule has 0 aliphatic carbocycles. The van der Waals surface area contributed by atoms with Gasteiger partial charge in [-0.15, -0.1) is 23.1 Å². The molecular formula is C16H16Cl2N2O3S3. The second-order valence-corrected chi connectivity index (χ2v) is 10.8. The second kappa shape index (κ2) is 8.75. The van der Waals surface area contributed by atoms with E-state index in [0.29, 0.717) is 19.8 Å². The fourth-order valence-electron chi connectivity index (χ4n) is 1.91. The number of rotatable bonds is 6. The summed E-state index contributed by atoms with van der Waals surface area (Å²) < 4.78 is 25.4. The van der Waals surface area contributed by atoms with E-state index in [9.17, 15) is 13.2 Å². The molecule has 140 valence electrons. The molecule has 0 saturated heterocycles. The van der Waals surface area contributed by atoms with Gasteiger partial charge in [0.1, 0.15) is 0 Å². The minimum Gasteiger partial charge on any atom is -0.266 e. The minimum atomic E-state index is -3.47. The molecule has 1 aromatic carbocycles. The molecule has 26 heavy (non-hydrogen) atoms. The normalized spacial score (nSPS) is 12.1. The van der Waals surface area contributed by atoms with Crippen LogP contribution in [0.3, 0.4) is 0 Å². The van der Waals surface area contributed by atoms with Gasteiger partial charge in [0.05, 0.1) is 35.5 Å². The number of carbonyl (C=O) groups is 1. The summed E-state index contributed by atoms with van der Waals surface area (Å²) in [5.74, 6) is -0.505.